The average molecular weight is 486 g/mol. The number of para-hydroxylation sites is 1. The molecule has 7 nitrogen and oxygen atoms in total. The lowest BCUT2D eigenvalue weighted by atomic mass is 9.98. The molecule has 0 unspecified atom stereocenters. The van der Waals surface area contributed by atoms with E-state index in [2.05, 4.69) is 22.4 Å². The van der Waals surface area contributed by atoms with E-state index in [1.54, 1.807) is 6.92 Å². The highest BCUT2D eigenvalue weighted by atomic mass is 16.5. The van der Waals surface area contributed by atoms with Crippen molar-refractivity contribution in [1.82, 2.24) is 15.3 Å². The van der Waals surface area contributed by atoms with Gasteiger partial charge in [0.1, 0.15) is 11.9 Å². The third-order valence-electron chi connectivity index (χ3n) is 5.98. The number of aryl methyl sites for hydroxylation is 2. The largest absolute Gasteiger partial charge is 0.464 e. The summed E-state index contributed by atoms with van der Waals surface area (Å²) in [4.78, 5) is 32.9. The van der Waals surface area contributed by atoms with Crippen molar-refractivity contribution in [3.05, 3.63) is 89.7 Å². The fourth-order valence-electron chi connectivity index (χ4n) is 4.25. The second-order valence-corrected chi connectivity index (χ2v) is 8.62. The number of rotatable bonds is 11. The van der Waals surface area contributed by atoms with E-state index in [0.717, 1.165) is 46.4 Å². The Balaban J connectivity index is 1.56. The van der Waals surface area contributed by atoms with Crippen LogP contribution in [-0.2, 0) is 33.6 Å². The van der Waals surface area contributed by atoms with Crippen molar-refractivity contribution in [1.29, 1.82) is 0 Å². The number of fused-ring (bicyclic) bond motifs is 1. The fraction of sp³-hybridized carbons (Fsp3) is 0.276. The van der Waals surface area contributed by atoms with Crippen LogP contribution in [0.3, 0.4) is 0 Å². The molecule has 3 aromatic carbocycles. The number of hydrogen-bond acceptors (Lipinski definition) is 5. The molecule has 186 valence electrons. The van der Waals surface area contributed by atoms with Crippen molar-refractivity contribution in [2.45, 2.75) is 38.6 Å². The van der Waals surface area contributed by atoms with Gasteiger partial charge in [-0.15, -0.1) is 0 Å². The number of imidazole rings is 1. The lowest BCUT2D eigenvalue weighted by Crippen LogP contribution is -2.43. The van der Waals surface area contributed by atoms with Crippen molar-refractivity contribution in [2.75, 3.05) is 13.2 Å². The Bertz CT molecular complexity index is 1320. The molecule has 3 N–H and O–H groups in total. The molecule has 7 heteroatoms. The van der Waals surface area contributed by atoms with Crippen LogP contribution in [0.1, 0.15) is 30.3 Å². The number of ether oxygens (including phenoxy) is 1. The van der Waals surface area contributed by atoms with E-state index in [9.17, 15) is 9.59 Å². The van der Waals surface area contributed by atoms with Gasteiger partial charge in [0, 0.05) is 24.8 Å². The van der Waals surface area contributed by atoms with Gasteiger partial charge in [0.05, 0.1) is 24.2 Å². The van der Waals surface area contributed by atoms with Gasteiger partial charge in [-0.25, -0.2) is 9.78 Å². The summed E-state index contributed by atoms with van der Waals surface area (Å²) < 4.78 is 5.16. The standard InChI is InChI=1S/C29H31N3O4/c1-2-36-29(35)25(31-27(34)16-17-33)19-21-10-6-11-22(18-21)23-12-7-13-24-28(23)32-26(30-24)15-14-20-8-4-3-5-9-20/h3-13,18,25,33H,2,14-17,19H2,1H3,(H,30,32)(H,31,34)/t25-/m1/s1. The Labute approximate surface area is 210 Å². The van der Waals surface area contributed by atoms with E-state index in [4.69, 9.17) is 14.8 Å². The molecule has 0 bridgehead atoms. The number of aromatic amines is 1. The minimum Gasteiger partial charge on any atom is -0.464 e. The first kappa shape index (κ1) is 25.1. The second-order valence-electron chi connectivity index (χ2n) is 8.62. The number of hydrogen-bond donors (Lipinski definition) is 3. The van der Waals surface area contributed by atoms with E-state index in [-0.39, 0.29) is 26.1 Å². The molecule has 1 amide bonds. The molecule has 0 radical (unpaired) electrons. The second kappa shape index (κ2) is 12.1. The number of H-pyrrole nitrogens is 1. The maximum absolute atomic E-state index is 12.5. The fourth-order valence-corrected chi connectivity index (χ4v) is 4.25. The van der Waals surface area contributed by atoms with Crippen LogP contribution in [0.5, 0.6) is 0 Å². The maximum Gasteiger partial charge on any atom is 0.328 e. The zero-order valence-electron chi connectivity index (χ0n) is 20.4. The van der Waals surface area contributed by atoms with Crippen molar-refractivity contribution >= 4 is 22.9 Å². The number of aliphatic hydroxyl groups is 1. The zero-order valence-corrected chi connectivity index (χ0v) is 20.4. The van der Waals surface area contributed by atoms with Crippen LogP contribution < -0.4 is 5.32 Å². The Morgan fingerprint density at radius 1 is 1.00 bits per heavy atom. The predicted octanol–water partition coefficient (Wildman–Crippen LogP) is 3.99. The number of amides is 1. The van der Waals surface area contributed by atoms with Gasteiger partial charge in [-0.05, 0) is 36.1 Å². The number of aromatic nitrogens is 2. The molecule has 4 aromatic rings. The highest BCUT2D eigenvalue weighted by molar-refractivity contribution is 5.92. The molecular formula is C29H31N3O4. The van der Waals surface area contributed by atoms with Gasteiger partial charge in [-0.2, -0.15) is 0 Å². The van der Waals surface area contributed by atoms with Gasteiger partial charge >= 0.3 is 5.97 Å². The summed E-state index contributed by atoms with van der Waals surface area (Å²) in [7, 11) is 0. The Hall–Kier alpha value is -3.97. The van der Waals surface area contributed by atoms with Gasteiger partial charge in [0.25, 0.3) is 0 Å². The number of nitrogens with one attached hydrogen (secondary N) is 2. The molecule has 1 heterocycles. The summed E-state index contributed by atoms with van der Waals surface area (Å²) in [6, 6.07) is 23.5. The summed E-state index contributed by atoms with van der Waals surface area (Å²) in [5, 5.41) is 11.7. The molecule has 0 fully saturated rings. The van der Waals surface area contributed by atoms with Gasteiger partial charge in [-0.1, -0.05) is 66.7 Å². The topological polar surface area (TPSA) is 104 Å². The van der Waals surface area contributed by atoms with Crippen LogP contribution >= 0.6 is 0 Å². The van der Waals surface area contributed by atoms with Gasteiger partial charge in [0.15, 0.2) is 0 Å². The van der Waals surface area contributed by atoms with Crippen molar-refractivity contribution in [2.24, 2.45) is 0 Å². The quantitative estimate of drug-likeness (QED) is 0.279. The van der Waals surface area contributed by atoms with Gasteiger partial charge in [-0.3, -0.25) is 4.79 Å². The number of carbonyl (C=O) groups is 2. The zero-order chi connectivity index (χ0) is 25.3. The maximum atomic E-state index is 12.5. The third-order valence-corrected chi connectivity index (χ3v) is 5.98. The van der Waals surface area contributed by atoms with E-state index >= 15 is 0 Å². The van der Waals surface area contributed by atoms with Crippen molar-refractivity contribution < 1.29 is 19.4 Å². The number of benzene rings is 3. The molecule has 0 aliphatic rings. The first-order chi connectivity index (χ1) is 17.6. The predicted molar refractivity (Wildman–Crippen MR) is 139 cm³/mol. The Kier molecular flexibility index (Phi) is 8.47. The molecule has 1 aromatic heterocycles. The average Bonchev–Trinajstić information content (AvgIpc) is 3.31. The lowest BCUT2D eigenvalue weighted by molar-refractivity contribution is -0.147. The van der Waals surface area contributed by atoms with Crippen LogP contribution in [-0.4, -0.2) is 46.2 Å². The van der Waals surface area contributed by atoms with Crippen molar-refractivity contribution in [3.63, 3.8) is 0 Å². The van der Waals surface area contributed by atoms with E-state index in [1.165, 1.54) is 5.56 Å². The van der Waals surface area contributed by atoms with E-state index in [1.807, 2.05) is 60.7 Å². The van der Waals surface area contributed by atoms with E-state index < -0.39 is 17.9 Å². The number of esters is 1. The number of aliphatic hydroxyl groups excluding tert-OH is 1. The molecule has 0 aliphatic heterocycles. The summed E-state index contributed by atoms with van der Waals surface area (Å²) >= 11 is 0. The van der Waals surface area contributed by atoms with Crippen LogP contribution in [0.25, 0.3) is 22.2 Å². The van der Waals surface area contributed by atoms with Crippen LogP contribution in [0.2, 0.25) is 0 Å². The highest BCUT2D eigenvalue weighted by Gasteiger charge is 2.22. The molecule has 4 rings (SSSR count). The minimum atomic E-state index is -0.829. The lowest BCUT2D eigenvalue weighted by Gasteiger charge is -2.17. The minimum absolute atomic E-state index is 0.0658. The Morgan fingerprint density at radius 2 is 1.78 bits per heavy atom. The third kappa shape index (κ3) is 6.37. The van der Waals surface area contributed by atoms with Crippen LogP contribution in [0.15, 0.2) is 72.8 Å². The summed E-state index contributed by atoms with van der Waals surface area (Å²) in [6.45, 7) is 1.67. The molecular weight excluding hydrogens is 454 g/mol. The normalized spacial score (nSPS) is 11.8. The van der Waals surface area contributed by atoms with Gasteiger partial charge < -0.3 is 20.1 Å². The summed E-state index contributed by atoms with van der Waals surface area (Å²) in [5.74, 6) is 0.0501. The van der Waals surface area contributed by atoms with Crippen molar-refractivity contribution in [3.8, 4) is 11.1 Å². The summed E-state index contributed by atoms with van der Waals surface area (Å²) in [5.41, 5.74) is 5.99. The summed E-state index contributed by atoms with van der Waals surface area (Å²) in [6.07, 6.45) is 1.93. The highest BCUT2D eigenvalue weighted by Crippen LogP contribution is 2.28. The first-order valence-electron chi connectivity index (χ1n) is 12.2. The van der Waals surface area contributed by atoms with Crippen LogP contribution in [0.4, 0.5) is 0 Å². The number of carbonyl (C=O) groups excluding carboxylic acids is 2. The Morgan fingerprint density at radius 3 is 2.56 bits per heavy atom. The van der Waals surface area contributed by atoms with E-state index in [0.29, 0.717) is 0 Å². The molecule has 0 aliphatic carbocycles. The van der Waals surface area contributed by atoms with Gasteiger partial charge in [0.2, 0.25) is 5.91 Å². The molecule has 36 heavy (non-hydrogen) atoms. The smallest absolute Gasteiger partial charge is 0.328 e. The molecule has 0 saturated carbocycles. The molecule has 0 spiro atoms. The van der Waals surface area contributed by atoms with Crippen LogP contribution in [0, 0.1) is 0 Å². The monoisotopic (exact) mass is 485 g/mol. The molecule has 1 atom stereocenters. The SMILES string of the molecule is CCOC(=O)[C@@H](Cc1cccc(-c2cccc3[nH]c(CCc4ccccc4)nc23)c1)NC(=O)CCO. The first-order valence-corrected chi connectivity index (χ1v) is 12.2. The molecule has 0 saturated heterocycles. The number of nitrogens with zero attached hydrogens (tertiary/aromatic N) is 1.